The normalized spacial score (nSPS) is 26.6. The lowest BCUT2D eigenvalue weighted by molar-refractivity contribution is -0.146. The number of rotatable bonds is 6. The van der Waals surface area contributed by atoms with Gasteiger partial charge in [-0.05, 0) is 37.7 Å². The summed E-state index contributed by atoms with van der Waals surface area (Å²) in [5.41, 5.74) is 0.336. The smallest absolute Gasteiger partial charge is 0.341 e. The molecule has 0 spiro atoms. The second kappa shape index (κ2) is 7.00. The average Bonchev–Trinajstić information content (AvgIpc) is 3.28. The number of anilines is 1. The van der Waals surface area contributed by atoms with Gasteiger partial charge in [-0.25, -0.2) is 4.79 Å². The Balaban J connectivity index is 1.83. The highest BCUT2D eigenvalue weighted by Gasteiger charge is 2.51. The molecule has 1 amide bonds. The first-order chi connectivity index (χ1) is 12.0. The van der Waals surface area contributed by atoms with Gasteiger partial charge in [-0.15, -0.1) is 11.3 Å². The Bertz CT molecular complexity index is 738. The third-order valence-corrected chi connectivity index (χ3v) is 6.11. The summed E-state index contributed by atoms with van der Waals surface area (Å²) in [6.45, 7) is 3.94. The summed E-state index contributed by atoms with van der Waals surface area (Å²) in [7, 11) is 0. The Morgan fingerprint density at radius 2 is 1.92 bits per heavy atom. The van der Waals surface area contributed by atoms with Gasteiger partial charge >= 0.3 is 11.9 Å². The number of aryl methyl sites for hydroxylation is 1. The van der Waals surface area contributed by atoms with E-state index in [9.17, 15) is 19.5 Å². The molecule has 2 bridgehead atoms. The van der Waals surface area contributed by atoms with Crippen molar-refractivity contribution in [2.45, 2.75) is 26.7 Å². The van der Waals surface area contributed by atoms with Gasteiger partial charge in [0.25, 0.3) is 0 Å². The number of carboxylic acid groups (broad SMARTS) is 1. The van der Waals surface area contributed by atoms with E-state index in [1.807, 2.05) is 19.1 Å². The van der Waals surface area contributed by atoms with Crippen LogP contribution < -0.4 is 5.32 Å². The van der Waals surface area contributed by atoms with Crippen LogP contribution in [0.5, 0.6) is 0 Å². The molecule has 0 aliphatic heterocycles. The van der Waals surface area contributed by atoms with Crippen LogP contribution in [0.1, 0.15) is 35.5 Å². The number of hydrogen-bond acceptors (Lipinski definition) is 5. The van der Waals surface area contributed by atoms with Gasteiger partial charge in [-0.3, -0.25) is 9.59 Å². The van der Waals surface area contributed by atoms with E-state index in [-0.39, 0.29) is 24.3 Å². The average molecular weight is 363 g/mol. The van der Waals surface area contributed by atoms with Crippen LogP contribution in [0.15, 0.2) is 18.2 Å². The van der Waals surface area contributed by atoms with Crippen molar-refractivity contribution in [1.29, 1.82) is 0 Å². The van der Waals surface area contributed by atoms with Crippen LogP contribution in [0.4, 0.5) is 5.00 Å². The quantitative estimate of drug-likeness (QED) is 0.599. The number of nitrogens with one attached hydrogen (secondary N) is 1. The first-order valence-electron chi connectivity index (χ1n) is 8.48. The van der Waals surface area contributed by atoms with E-state index in [1.165, 1.54) is 11.3 Å². The third kappa shape index (κ3) is 3.20. The predicted octanol–water partition coefficient (Wildman–Crippen LogP) is 2.95. The molecule has 2 aliphatic rings. The minimum Gasteiger partial charge on any atom is -0.481 e. The van der Waals surface area contributed by atoms with Gasteiger partial charge in [-0.1, -0.05) is 19.1 Å². The molecule has 4 atom stereocenters. The standard InChI is InChI=1S/C18H21NO5S/c1-3-11-8-12(18(23)24-4-2)16(25-11)19-15(20)13-9-5-6-10(7-9)14(13)17(21)22/h5-6,8-10,13-14H,3-4,7H2,1-2H3,(H,19,20)(H,21,22). The fraction of sp³-hybridized carbons (Fsp3) is 0.500. The fourth-order valence-electron chi connectivity index (χ4n) is 3.78. The maximum absolute atomic E-state index is 12.8. The maximum atomic E-state index is 12.8. The maximum Gasteiger partial charge on any atom is 0.341 e. The first kappa shape index (κ1) is 17.7. The van der Waals surface area contributed by atoms with Crippen LogP contribution >= 0.6 is 11.3 Å². The van der Waals surface area contributed by atoms with Crippen LogP contribution in [0, 0.1) is 23.7 Å². The van der Waals surface area contributed by atoms with E-state index >= 15 is 0 Å². The van der Waals surface area contributed by atoms with Crippen molar-refractivity contribution < 1.29 is 24.2 Å². The van der Waals surface area contributed by atoms with Gasteiger partial charge in [0.1, 0.15) is 5.00 Å². The molecule has 1 heterocycles. The number of allylic oxidation sites excluding steroid dienone is 2. The van der Waals surface area contributed by atoms with Crippen molar-refractivity contribution >= 4 is 34.2 Å². The number of fused-ring (bicyclic) bond motifs is 2. The van der Waals surface area contributed by atoms with E-state index in [1.54, 1.807) is 13.0 Å². The predicted molar refractivity (Wildman–Crippen MR) is 93.6 cm³/mol. The zero-order valence-corrected chi connectivity index (χ0v) is 15.0. The largest absolute Gasteiger partial charge is 0.481 e. The monoisotopic (exact) mass is 363 g/mol. The zero-order chi connectivity index (χ0) is 18.1. The molecule has 1 aromatic heterocycles. The lowest BCUT2D eigenvalue weighted by atomic mass is 9.82. The van der Waals surface area contributed by atoms with Crippen molar-refractivity contribution in [2.24, 2.45) is 23.7 Å². The molecule has 0 radical (unpaired) electrons. The zero-order valence-electron chi connectivity index (χ0n) is 14.2. The van der Waals surface area contributed by atoms with Crippen LogP contribution in [-0.2, 0) is 20.7 Å². The van der Waals surface area contributed by atoms with Gasteiger partial charge in [0, 0.05) is 4.88 Å². The van der Waals surface area contributed by atoms with Crippen molar-refractivity contribution in [1.82, 2.24) is 0 Å². The lowest BCUT2D eigenvalue weighted by Gasteiger charge is -2.23. The van der Waals surface area contributed by atoms with Crippen molar-refractivity contribution in [3.8, 4) is 0 Å². The molecule has 4 unspecified atom stereocenters. The summed E-state index contributed by atoms with van der Waals surface area (Å²) < 4.78 is 5.05. The fourth-order valence-corrected chi connectivity index (χ4v) is 4.77. The number of carbonyl (C=O) groups excluding carboxylic acids is 2. The second-order valence-electron chi connectivity index (χ2n) is 6.36. The van der Waals surface area contributed by atoms with Crippen molar-refractivity contribution in [2.75, 3.05) is 11.9 Å². The number of esters is 1. The van der Waals surface area contributed by atoms with Crippen LogP contribution in [0.3, 0.4) is 0 Å². The second-order valence-corrected chi connectivity index (χ2v) is 7.49. The number of thiophene rings is 1. The Kier molecular flexibility index (Phi) is 4.94. The molecule has 6 nitrogen and oxygen atoms in total. The van der Waals surface area contributed by atoms with E-state index in [2.05, 4.69) is 5.32 Å². The number of aliphatic carboxylic acids is 1. The molecule has 0 saturated heterocycles. The van der Waals surface area contributed by atoms with E-state index in [0.29, 0.717) is 17.0 Å². The number of hydrogen-bond donors (Lipinski definition) is 2. The van der Waals surface area contributed by atoms with Crippen molar-refractivity contribution in [3.63, 3.8) is 0 Å². The Hall–Kier alpha value is -2.15. The van der Waals surface area contributed by atoms with Crippen LogP contribution in [0.2, 0.25) is 0 Å². The summed E-state index contributed by atoms with van der Waals surface area (Å²) in [4.78, 5) is 37.5. The summed E-state index contributed by atoms with van der Waals surface area (Å²) in [6.07, 6.45) is 5.27. The summed E-state index contributed by atoms with van der Waals surface area (Å²) >= 11 is 1.33. The SMILES string of the molecule is CCOC(=O)c1cc(CC)sc1NC(=O)C1C2C=CC(C2)C1C(=O)O. The van der Waals surface area contributed by atoms with Gasteiger partial charge in [0.2, 0.25) is 5.91 Å². The number of carboxylic acids is 1. The lowest BCUT2D eigenvalue weighted by Crippen LogP contribution is -2.36. The highest BCUT2D eigenvalue weighted by atomic mass is 32.1. The molecule has 7 heteroatoms. The summed E-state index contributed by atoms with van der Waals surface area (Å²) in [6, 6.07) is 1.73. The number of carbonyl (C=O) groups is 3. The van der Waals surface area contributed by atoms with Gasteiger partial charge in [0.15, 0.2) is 0 Å². The third-order valence-electron chi connectivity index (χ3n) is 4.91. The number of amides is 1. The Labute approximate surface area is 149 Å². The highest BCUT2D eigenvalue weighted by molar-refractivity contribution is 7.16. The van der Waals surface area contributed by atoms with Crippen LogP contribution in [-0.4, -0.2) is 29.6 Å². The summed E-state index contributed by atoms with van der Waals surface area (Å²) in [5, 5.41) is 12.7. The van der Waals surface area contributed by atoms with Gasteiger partial charge in [-0.2, -0.15) is 0 Å². The molecular weight excluding hydrogens is 342 g/mol. The minimum absolute atomic E-state index is 0.0530. The van der Waals surface area contributed by atoms with E-state index in [0.717, 1.165) is 11.3 Å². The Morgan fingerprint density at radius 3 is 2.52 bits per heavy atom. The van der Waals surface area contributed by atoms with Gasteiger partial charge in [0.05, 0.1) is 24.0 Å². The molecule has 2 aliphatic carbocycles. The van der Waals surface area contributed by atoms with Crippen LogP contribution in [0.25, 0.3) is 0 Å². The van der Waals surface area contributed by atoms with Gasteiger partial charge < -0.3 is 15.2 Å². The molecule has 3 rings (SSSR count). The molecule has 25 heavy (non-hydrogen) atoms. The van der Waals surface area contributed by atoms with E-state index in [4.69, 9.17) is 4.74 Å². The molecule has 0 aromatic carbocycles. The highest BCUT2D eigenvalue weighted by Crippen LogP contribution is 2.48. The number of ether oxygens (including phenoxy) is 1. The van der Waals surface area contributed by atoms with Crippen molar-refractivity contribution in [3.05, 3.63) is 28.7 Å². The molecule has 134 valence electrons. The van der Waals surface area contributed by atoms with E-state index < -0.39 is 23.8 Å². The molecule has 1 fully saturated rings. The first-order valence-corrected chi connectivity index (χ1v) is 9.29. The minimum atomic E-state index is -0.942. The topological polar surface area (TPSA) is 92.7 Å². The molecule has 1 saturated carbocycles. The molecular formula is C18H21NO5S. The molecule has 1 aromatic rings. The molecule has 2 N–H and O–H groups in total. The Morgan fingerprint density at radius 1 is 1.24 bits per heavy atom. The summed E-state index contributed by atoms with van der Waals surface area (Å²) in [5.74, 6) is -3.19.